The zero-order valence-corrected chi connectivity index (χ0v) is 14.1. The van der Waals surface area contributed by atoms with Gasteiger partial charge in [-0.05, 0) is 12.1 Å². The number of H-pyrrole nitrogens is 1. The van der Waals surface area contributed by atoms with Crippen LogP contribution in [0.25, 0.3) is 10.4 Å². The molecule has 1 aliphatic rings. The second kappa shape index (κ2) is 6.38. The van der Waals surface area contributed by atoms with Crippen molar-refractivity contribution in [1.82, 2.24) is 9.88 Å². The van der Waals surface area contributed by atoms with E-state index in [9.17, 15) is 22.8 Å². The number of carboxylic acid groups (broad SMARTS) is 1. The highest BCUT2D eigenvalue weighted by molar-refractivity contribution is 7.19. The summed E-state index contributed by atoms with van der Waals surface area (Å²) < 4.78 is 39.7. The standard InChI is InChI=1S/C15H12ClF3N2O3S/c16-12-2-1-11(25-12)7-3-20-4-8(7)13(22)21-5-9(14(23)24)10(6-21)15(17,18)19/h1-4,9-10,20H,5-6H2,(H,23,24)/t9-,10-/m1/s1. The quantitative estimate of drug-likeness (QED) is 0.835. The number of hydrogen-bond donors (Lipinski definition) is 2. The molecule has 25 heavy (non-hydrogen) atoms. The predicted molar refractivity (Wildman–Crippen MR) is 85.7 cm³/mol. The van der Waals surface area contributed by atoms with Gasteiger partial charge < -0.3 is 15.0 Å². The van der Waals surface area contributed by atoms with Crippen LogP contribution in [0, 0.1) is 11.8 Å². The van der Waals surface area contributed by atoms with Gasteiger partial charge in [0, 0.05) is 35.9 Å². The molecule has 2 N–H and O–H groups in total. The van der Waals surface area contributed by atoms with Gasteiger partial charge in [0.15, 0.2) is 0 Å². The number of halogens is 4. The van der Waals surface area contributed by atoms with Gasteiger partial charge in [-0.25, -0.2) is 0 Å². The molecule has 1 saturated heterocycles. The van der Waals surface area contributed by atoms with Crippen molar-refractivity contribution in [2.24, 2.45) is 11.8 Å². The van der Waals surface area contributed by atoms with Crippen molar-refractivity contribution < 1.29 is 27.9 Å². The third kappa shape index (κ3) is 3.38. The monoisotopic (exact) mass is 392 g/mol. The van der Waals surface area contributed by atoms with Crippen molar-refractivity contribution >= 4 is 34.8 Å². The van der Waals surface area contributed by atoms with Gasteiger partial charge in [0.25, 0.3) is 5.91 Å². The molecule has 1 aliphatic heterocycles. The van der Waals surface area contributed by atoms with Gasteiger partial charge in [-0.1, -0.05) is 11.6 Å². The van der Waals surface area contributed by atoms with E-state index in [1.54, 1.807) is 18.3 Å². The molecule has 2 aromatic rings. The van der Waals surface area contributed by atoms with Crippen LogP contribution in [0.5, 0.6) is 0 Å². The maximum atomic E-state index is 13.1. The summed E-state index contributed by atoms with van der Waals surface area (Å²) in [5, 5.41) is 9.06. The number of carboxylic acids is 1. The van der Waals surface area contributed by atoms with E-state index in [4.69, 9.17) is 16.7 Å². The molecule has 2 aromatic heterocycles. The number of likely N-dealkylation sites (tertiary alicyclic amines) is 1. The Kier molecular flexibility index (Phi) is 4.54. The van der Waals surface area contributed by atoms with E-state index < -0.39 is 43.0 Å². The van der Waals surface area contributed by atoms with Crippen molar-refractivity contribution in [3.63, 3.8) is 0 Å². The van der Waals surface area contributed by atoms with Crippen LogP contribution in [0.1, 0.15) is 10.4 Å². The van der Waals surface area contributed by atoms with Gasteiger partial charge in [0.1, 0.15) is 0 Å². The molecule has 0 bridgehead atoms. The molecule has 0 aromatic carbocycles. The smallest absolute Gasteiger partial charge is 0.394 e. The largest absolute Gasteiger partial charge is 0.481 e. The molecule has 0 saturated carbocycles. The number of nitrogens with one attached hydrogen (secondary N) is 1. The van der Waals surface area contributed by atoms with E-state index in [0.29, 0.717) is 14.8 Å². The van der Waals surface area contributed by atoms with E-state index in [2.05, 4.69) is 4.98 Å². The lowest BCUT2D eigenvalue weighted by molar-refractivity contribution is -0.187. The van der Waals surface area contributed by atoms with Gasteiger partial charge >= 0.3 is 12.1 Å². The summed E-state index contributed by atoms with van der Waals surface area (Å²) in [5.41, 5.74) is 0.703. The summed E-state index contributed by atoms with van der Waals surface area (Å²) in [7, 11) is 0. The third-order valence-corrected chi connectivity index (χ3v) is 5.42. The second-order valence-electron chi connectivity index (χ2n) is 5.69. The maximum absolute atomic E-state index is 13.1. The summed E-state index contributed by atoms with van der Waals surface area (Å²) >= 11 is 7.11. The van der Waals surface area contributed by atoms with Crippen LogP contribution in [-0.4, -0.2) is 46.1 Å². The minimum atomic E-state index is -4.68. The average molecular weight is 393 g/mol. The average Bonchev–Trinajstić information content (AvgIpc) is 3.23. The molecule has 3 rings (SSSR count). The highest BCUT2D eigenvalue weighted by Gasteiger charge is 2.53. The lowest BCUT2D eigenvalue weighted by atomic mass is 9.96. The normalized spacial score (nSPS) is 20.9. The number of hydrogen-bond acceptors (Lipinski definition) is 3. The van der Waals surface area contributed by atoms with Crippen LogP contribution in [0.4, 0.5) is 13.2 Å². The number of carbonyl (C=O) groups excluding carboxylic acids is 1. The lowest BCUT2D eigenvalue weighted by Gasteiger charge is -2.18. The fourth-order valence-corrected chi connectivity index (χ4v) is 4.00. The molecule has 134 valence electrons. The van der Waals surface area contributed by atoms with Crippen LogP contribution in [0.3, 0.4) is 0 Å². The van der Waals surface area contributed by atoms with Gasteiger partial charge in [-0.15, -0.1) is 11.3 Å². The molecule has 0 aliphatic carbocycles. The Morgan fingerprint density at radius 1 is 1.28 bits per heavy atom. The molecular weight excluding hydrogens is 381 g/mol. The van der Waals surface area contributed by atoms with E-state index in [0.717, 1.165) is 4.90 Å². The van der Waals surface area contributed by atoms with E-state index in [-0.39, 0.29) is 5.56 Å². The van der Waals surface area contributed by atoms with Crippen LogP contribution >= 0.6 is 22.9 Å². The number of aliphatic carboxylic acids is 1. The van der Waals surface area contributed by atoms with Crippen LogP contribution in [-0.2, 0) is 4.79 Å². The first-order valence-corrected chi connectivity index (χ1v) is 8.39. The summed E-state index contributed by atoms with van der Waals surface area (Å²) in [6, 6.07) is 3.36. The Morgan fingerprint density at radius 2 is 2.00 bits per heavy atom. The molecule has 10 heteroatoms. The Labute approximate surface area is 149 Å². The van der Waals surface area contributed by atoms with Gasteiger partial charge in [0.2, 0.25) is 0 Å². The summed E-state index contributed by atoms with van der Waals surface area (Å²) in [6.07, 6.45) is -1.73. The van der Waals surface area contributed by atoms with Crippen LogP contribution in [0.2, 0.25) is 4.34 Å². The third-order valence-electron chi connectivity index (χ3n) is 4.16. The minimum Gasteiger partial charge on any atom is -0.481 e. The van der Waals surface area contributed by atoms with Gasteiger partial charge in [-0.3, -0.25) is 9.59 Å². The van der Waals surface area contributed by atoms with Crippen molar-refractivity contribution in [1.29, 1.82) is 0 Å². The molecule has 0 spiro atoms. The molecule has 5 nitrogen and oxygen atoms in total. The van der Waals surface area contributed by atoms with Gasteiger partial charge in [0.05, 0.1) is 21.7 Å². The maximum Gasteiger partial charge on any atom is 0.394 e. The number of amides is 1. The second-order valence-corrected chi connectivity index (χ2v) is 7.40. The van der Waals surface area contributed by atoms with Crippen LogP contribution in [0.15, 0.2) is 24.5 Å². The Balaban J connectivity index is 1.88. The van der Waals surface area contributed by atoms with Crippen molar-refractivity contribution in [2.45, 2.75) is 6.18 Å². The summed E-state index contributed by atoms with van der Waals surface area (Å²) in [6.45, 7) is -1.15. The highest BCUT2D eigenvalue weighted by Crippen LogP contribution is 2.39. The number of aromatic nitrogens is 1. The summed E-state index contributed by atoms with van der Waals surface area (Å²) in [5.74, 6) is -5.94. The molecule has 1 fully saturated rings. The number of rotatable bonds is 3. The van der Waals surface area contributed by atoms with E-state index >= 15 is 0 Å². The van der Waals surface area contributed by atoms with Crippen molar-refractivity contribution in [3.05, 3.63) is 34.4 Å². The minimum absolute atomic E-state index is 0.186. The van der Waals surface area contributed by atoms with E-state index in [1.807, 2.05) is 0 Å². The van der Waals surface area contributed by atoms with Crippen molar-refractivity contribution in [2.75, 3.05) is 13.1 Å². The Hall–Kier alpha value is -2.00. The molecule has 3 heterocycles. The highest BCUT2D eigenvalue weighted by atomic mass is 35.5. The first-order chi connectivity index (χ1) is 11.7. The summed E-state index contributed by atoms with van der Waals surface area (Å²) in [4.78, 5) is 28.2. The number of alkyl halides is 3. The van der Waals surface area contributed by atoms with Gasteiger partial charge in [-0.2, -0.15) is 13.2 Å². The van der Waals surface area contributed by atoms with E-state index in [1.165, 1.54) is 17.5 Å². The number of aromatic amines is 1. The molecular formula is C15H12ClF3N2O3S. The first kappa shape index (κ1) is 17.8. The Morgan fingerprint density at radius 3 is 2.52 bits per heavy atom. The fourth-order valence-electron chi connectivity index (χ4n) is 2.93. The zero-order chi connectivity index (χ0) is 18.4. The molecule has 2 atom stereocenters. The molecule has 0 radical (unpaired) electrons. The zero-order valence-electron chi connectivity index (χ0n) is 12.5. The number of thiophene rings is 1. The Bertz CT molecular complexity index is 817. The topological polar surface area (TPSA) is 73.4 Å². The lowest BCUT2D eigenvalue weighted by Crippen LogP contribution is -2.34. The first-order valence-electron chi connectivity index (χ1n) is 7.19. The molecule has 1 amide bonds. The van der Waals surface area contributed by atoms with Crippen LogP contribution < -0.4 is 0 Å². The van der Waals surface area contributed by atoms with Crippen molar-refractivity contribution in [3.8, 4) is 10.4 Å². The predicted octanol–water partition coefficient (Wildman–Crippen LogP) is 3.73. The number of carbonyl (C=O) groups is 2. The fraction of sp³-hybridized carbons (Fsp3) is 0.333. The SMILES string of the molecule is O=C(O)[C@@H]1CN(C(=O)c2c[nH]cc2-c2ccc(Cl)s2)C[C@H]1C(F)(F)F. The molecule has 0 unspecified atom stereocenters. The number of nitrogens with zero attached hydrogens (tertiary/aromatic N) is 1.